The van der Waals surface area contributed by atoms with Gasteiger partial charge < -0.3 is 19.5 Å². The van der Waals surface area contributed by atoms with Crippen molar-refractivity contribution in [3.63, 3.8) is 0 Å². The first kappa shape index (κ1) is 26.7. The summed E-state index contributed by atoms with van der Waals surface area (Å²) in [6, 6.07) is 12.1. The number of nitrogens with zero attached hydrogens (tertiary/aromatic N) is 1. The fourth-order valence-electron chi connectivity index (χ4n) is 3.14. The zero-order valence-electron chi connectivity index (χ0n) is 20.6. The summed E-state index contributed by atoms with van der Waals surface area (Å²) in [5.41, 5.74) is 4.18. The van der Waals surface area contributed by atoms with Crippen molar-refractivity contribution < 1.29 is 23.8 Å². The van der Waals surface area contributed by atoms with Crippen molar-refractivity contribution in [2.45, 2.75) is 46.6 Å². The molecule has 0 heterocycles. The second-order valence-corrected chi connectivity index (χ2v) is 8.30. The smallest absolute Gasteiger partial charge is 0.262 e. The van der Waals surface area contributed by atoms with Gasteiger partial charge in [-0.1, -0.05) is 39.0 Å². The van der Waals surface area contributed by atoms with Gasteiger partial charge in [-0.2, -0.15) is 5.10 Å². The molecule has 1 atom stereocenters. The Kier molecular flexibility index (Phi) is 10.9. The number of carbonyl (C=O) groups is 2. The van der Waals surface area contributed by atoms with Crippen LogP contribution in [-0.4, -0.2) is 44.4 Å². The number of methoxy groups -OCH3 is 1. The first-order valence-corrected chi connectivity index (χ1v) is 11.5. The summed E-state index contributed by atoms with van der Waals surface area (Å²) >= 11 is 0. The molecule has 0 radical (unpaired) electrons. The van der Waals surface area contributed by atoms with Gasteiger partial charge in [0.25, 0.3) is 11.8 Å². The third-order valence-corrected chi connectivity index (χ3v) is 4.85. The molecule has 0 saturated carbocycles. The number of amides is 2. The molecule has 2 aromatic carbocycles. The van der Waals surface area contributed by atoms with Gasteiger partial charge in [0, 0.05) is 0 Å². The lowest BCUT2D eigenvalue weighted by Crippen LogP contribution is -2.47. The van der Waals surface area contributed by atoms with Crippen LogP contribution in [0, 0.1) is 12.8 Å². The van der Waals surface area contributed by atoms with Gasteiger partial charge in [0.15, 0.2) is 18.1 Å². The summed E-state index contributed by atoms with van der Waals surface area (Å²) in [6.07, 6.45) is 2.87. The number of hydrogen-bond acceptors (Lipinski definition) is 6. The van der Waals surface area contributed by atoms with Crippen LogP contribution in [0.3, 0.4) is 0 Å². The molecule has 2 aromatic rings. The predicted octanol–water partition coefficient (Wildman–Crippen LogP) is 3.85. The van der Waals surface area contributed by atoms with Crippen molar-refractivity contribution in [3.05, 3.63) is 53.6 Å². The summed E-state index contributed by atoms with van der Waals surface area (Å²) in [4.78, 5) is 25.1. The maximum Gasteiger partial charge on any atom is 0.262 e. The highest BCUT2D eigenvalue weighted by molar-refractivity contribution is 5.89. The maximum absolute atomic E-state index is 12.7. The van der Waals surface area contributed by atoms with E-state index in [1.54, 1.807) is 25.3 Å². The Morgan fingerprint density at radius 3 is 2.50 bits per heavy atom. The molecule has 0 aliphatic heterocycles. The van der Waals surface area contributed by atoms with Gasteiger partial charge in [-0.15, -0.1) is 0 Å². The Bertz CT molecular complexity index is 975. The number of benzene rings is 2. The molecule has 0 aliphatic carbocycles. The van der Waals surface area contributed by atoms with Gasteiger partial charge in [-0.05, 0) is 61.1 Å². The fourth-order valence-corrected chi connectivity index (χ4v) is 3.14. The van der Waals surface area contributed by atoms with Crippen molar-refractivity contribution in [2.24, 2.45) is 11.0 Å². The minimum Gasteiger partial charge on any atom is -0.493 e. The molecule has 2 rings (SSSR count). The van der Waals surface area contributed by atoms with E-state index < -0.39 is 11.9 Å². The fraction of sp³-hybridized carbons (Fsp3) is 0.423. The number of hydrogen-bond donors (Lipinski definition) is 2. The van der Waals surface area contributed by atoms with E-state index in [0.29, 0.717) is 30.3 Å². The Balaban J connectivity index is 1.96. The largest absolute Gasteiger partial charge is 0.493 e. The Morgan fingerprint density at radius 2 is 1.82 bits per heavy atom. The zero-order valence-corrected chi connectivity index (χ0v) is 20.6. The van der Waals surface area contributed by atoms with Crippen molar-refractivity contribution in [1.29, 1.82) is 0 Å². The normalized spacial score (nSPS) is 11.8. The van der Waals surface area contributed by atoms with Crippen molar-refractivity contribution in [1.82, 2.24) is 10.7 Å². The number of nitrogens with one attached hydrogen (secondary N) is 2. The molecule has 2 amide bonds. The van der Waals surface area contributed by atoms with Crippen LogP contribution in [0.15, 0.2) is 47.6 Å². The van der Waals surface area contributed by atoms with Crippen LogP contribution >= 0.6 is 0 Å². The average molecular weight is 470 g/mol. The van der Waals surface area contributed by atoms with E-state index >= 15 is 0 Å². The molecule has 8 nitrogen and oxygen atoms in total. The van der Waals surface area contributed by atoms with Gasteiger partial charge in [-0.3, -0.25) is 9.59 Å². The highest BCUT2D eigenvalue weighted by Crippen LogP contribution is 2.27. The predicted molar refractivity (Wildman–Crippen MR) is 133 cm³/mol. The highest BCUT2D eigenvalue weighted by Gasteiger charge is 2.22. The minimum absolute atomic E-state index is 0.178. The quantitative estimate of drug-likeness (QED) is 0.343. The van der Waals surface area contributed by atoms with Crippen molar-refractivity contribution in [2.75, 3.05) is 20.3 Å². The van der Waals surface area contributed by atoms with Gasteiger partial charge in [0.05, 0.1) is 19.9 Å². The molecule has 0 saturated heterocycles. The zero-order chi connectivity index (χ0) is 24.9. The molecule has 8 heteroatoms. The Morgan fingerprint density at radius 1 is 1.06 bits per heavy atom. The molecule has 2 N–H and O–H groups in total. The van der Waals surface area contributed by atoms with E-state index in [1.807, 2.05) is 52.0 Å². The summed E-state index contributed by atoms with van der Waals surface area (Å²) < 4.78 is 16.6. The molecule has 34 heavy (non-hydrogen) atoms. The van der Waals surface area contributed by atoms with Crippen molar-refractivity contribution in [3.8, 4) is 17.2 Å². The van der Waals surface area contributed by atoms with Crippen LogP contribution in [-0.2, 0) is 9.59 Å². The van der Waals surface area contributed by atoms with Gasteiger partial charge >= 0.3 is 0 Å². The van der Waals surface area contributed by atoms with Crippen LogP contribution in [0.2, 0.25) is 0 Å². The Hall–Kier alpha value is -3.55. The third-order valence-electron chi connectivity index (χ3n) is 4.85. The van der Waals surface area contributed by atoms with E-state index in [1.165, 1.54) is 6.21 Å². The first-order valence-electron chi connectivity index (χ1n) is 11.5. The van der Waals surface area contributed by atoms with Crippen LogP contribution in [0.1, 0.15) is 44.7 Å². The van der Waals surface area contributed by atoms with E-state index in [2.05, 4.69) is 15.8 Å². The van der Waals surface area contributed by atoms with E-state index in [-0.39, 0.29) is 18.4 Å². The van der Waals surface area contributed by atoms with Crippen LogP contribution < -0.4 is 25.0 Å². The highest BCUT2D eigenvalue weighted by atomic mass is 16.5. The van der Waals surface area contributed by atoms with Crippen LogP contribution in [0.4, 0.5) is 0 Å². The molecule has 0 bridgehead atoms. The van der Waals surface area contributed by atoms with Crippen LogP contribution in [0.5, 0.6) is 17.2 Å². The first-order chi connectivity index (χ1) is 16.3. The van der Waals surface area contributed by atoms with Gasteiger partial charge in [0.1, 0.15) is 11.8 Å². The summed E-state index contributed by atoms with van der Waals surface area (Å²) in [7, 11) is 1.57. The molecule has 0 spiro atoms. The van der Waals surface area contributed by atoms with Crippen molar-refractivity contribution >= 4 is 18.0 Å². The monoisotopic (exact) mass is 469 g/mol. The summed E-state index contributed by atoms with van der Waals surface area (Å²) in [5, 5.41) is 6.79. The number of ether oxygens (including phenoxy) is 3. The lowest BCUT2D eigenvalue weighted by molar-refractivity contribution is -0.130. The van der Waals surface area contributed by atoms with Crippen LogP contribution in [0.25, 0.3) is 0 Å². The minimum atomic E-state index is -0.732. The Labute approximate surface area is 201 Å². The second kappa shape index (κ2) is 13.9. The van der Waals surface area contributed by atoms with Gasteiger partial charge in [-0.25, -0.2) is 5.43 Å². The molecule has 184 valence electrons. The lowest BCUT2D eigenvalue weighted by atomic mass is 10.0. The maximum atomic E-state index is 12.7. The summed E-state index contributed by atoms with van der Waals surface area (Å²) in [5.74, 6) is 1.29. The SMILES string of the molecule is CCCOc1ccc(/C=N\NC(=O)[C@@H](CC(C)C)NC(=O)COc2ccccc2C)cc1OC. The number of carbonyl (C=O) groups excluding carboxylic acids is 2. The number of rotatable bonds is 13. The second-order valence-electron chi connectivity index (χ2n) is 8.30. The average Bonchev–Trinajstić information content (AvgIpc) is 2.81. The topological polar surface area (TPSA) is 98.2 Å². The number of hydrazone groups is 1. The van der Waals surface area contributed by atoms with E-state index in [4.69, 9.17) is 14.2 Å². The van der Waals surface area contributed by atoms with E-state index in [9.17, 15) is 9.59 Å². The third kappa shape index (κ3) is 8.77. The number of para-hydroxylation sites is 1. The molecule has 0 aromatic heterocycles. The number of aryl methyl sites for hydroxylation is 1. The molecule has 0 aliphatic rings. The molecule has 0 unspecified atom stereocenters. The molecule has 0 fully saturated rings. The standard InChI is InChI=1S/C26H35N3O5/c1-6-13-33-23-12-11-20(15-24(23)32-5)16-27-29-26(31)21(14-18(2)3)28-25(30)17-34-22-10-8-7-9-19(22)4/h7-12,15-16,18,21H,6,13-14,17H2,1-5H3,(H,28,30)(H,29,31)/b27-16-/t21-/m1/s1. The molecular weight excluding hydrogens is 434 g/mol. The summed E-state index contributed by atoms with van der Waals surface area (Å²) in [6.45, 7) is 8.31. The molecular formula is C26H35N3O5. The van der Waals surface area contributed by atoms with Gasteiger partial charge in [0.2, 0.25) is 0 Å². The lowest BCUT2D eigenvalue weighted by Gasteiger charge is -2.19. The van der Waals surface area contributed by atoms with E-state index in [0.717, 1.165) is 17.5 Å².